The van der Waals surface area contributed by atoms with Crippen molar-refractivity contribution in [3.63, 3.8) is 0 Å². The van der Waals surface area contributed by atoms with E-state index in [0.29, 0.717) is 0 Å². The van der Waals surface area contributed by atoms with Crippen LogP contribution in [-0.2, 0) is 3.07 Å². The van der Waals surface area contributed by atoms with Crippen molar-refractivity contribution in [1.29, 1.82) is 0 Å². The van der Waals surface area contributed by atoms with Crippen LogP contribution in [0.25, 0.3) is 0 Å². The van der Waals surface area contributed by atoms with Gasteiger partial charge >= 0.3 is 0 Å². The molecule has 0 spiro atoms. The quantitative estimate of drug-likeness (QED) is 0.675. The van der Waals surface area contributed by atoms with Crippen molar-refractivity contribution in [1.82, 2.24) is 0 Å². The van der Waals surface area contributed by atoms with Crippen molar-refractivity contribution in [3.8, 4) is 0 Å². The Bertz CT molecular complexity index is 21.6. The highest BCUT2D eigenvalue weighted by molar-refractivity contribution is 14.1. The van der Waals surface area contributed by atoms with Crippen molar-refractivity contribution < 1.29 is 3.07 Å². The van der Waals surface area contributed by atoms with Crippen LogP contribution in [0.1, 0.15) is 6.92 Å². The lowest BCUT2D eigenvalue weighted by atomic mass is 10.9. The van der Waals surface area contributed by atoms with Crippen LogP contribution in [0.5, 0.6) is 0 Å². The van der Waals surface area contributed by atoms with E-state index in [1.54, 1.807) is 0 Å². The molecule has 0 N–H and O–H groups in total. The Morgan fingerprint density at radius 2 is 2.00 bits per heavy atom. The maximum Gasteiger partial charge on any atom is 0.167 e. The van der Waals surface area contributed by atoms with E-state index in [1.165, 1.54) is 0 Å². The van der Waals surface area contributed by atoms with Crippen molar-refractivity contribution in [2.24, 2.45) is 0 Å². The molecule has 3 heteroatoms. The molecule has 5 heavy (non-hydrogen) atoms. The Hall–Kier alpha value is 1.42. The zero-order valence-corrected chi connectivity index (χ0v) is 6.98. The zero-order valence-electron chi connectivity index (χ0n) is 2.66. The molecule has 0 aromatic rings. The van der Waals surface area contributed by atoms with Crippen LogP contribution in [0, 0.1) is 4.11 Å². The van der Waals surface area contributed by atoms with Gasteiger partial charge in [-0.3, -0.25) is 3.07 Å². The summed E-state index contributed by atoms with van der Waals surface area (Å²) >= 11 is 3.93. The molecule has 1 nitrogen and oxygen atoms in total. The minimum absolute atomic E-state index is 0.961. The predicted octanol–water partition coefficient (Wildman–Crippen LogP) is 2.30. The first-order chi connectivity index (χ1) is 2.27. The van der Waals surface area contributed by atoms with Gasteiger partial charge in [-0.05, 0) is 29.5 Å². The molecular formula is C2H3I2O. The minimum Gasteiger partial charge on any atom is -0.295 e. The average Bonchev–Trinajstić information content (AvgIpc) is 1.38. The SMILES string of the molecule is C[C](I)OI. The third-order valence-electron chi connectivity index (χ3n) is 0.106. The van der Waals surface area contributed by atoms with Gasteiger partial charge in [-0.1, -0.05) is 0 Å². The van der Waals surface area contributed by atoms with E-state index in [-0.39, 0.29) is 0 Å². The third kappa shape index (κ3) is 5.42. The molecule has 0 heterocycles. The summed E-state index contributed by atoms with van der Waals surface area (Å²) in [5.74, 6) is 0. The van der Waals surface area contributed by atoms with E-state index < -0.39 is 0 Å². The van der Waals surface area contributed by atoms with Crippen LogP contribution in [-0.4, -0.2) is 0 Å². The molecule has 0 unspecified atom stereocenters. The van der Waals surface area contributed by atoms with Gasteiger partial charge < -0.3 is 0 Å². The number of halogens is 2. The molecule has 0 aliphatic carbocycles. The summed E-state index contributed by atoms with van der Waals surface area (Å²) in [6.07, 6.45) is 0. The smallest absolute Gasteiger partial charge is 0.167 e. The van der Waals surface area contributed by atoms with Crippen LogP contribution in [0.15, 0.2) is 0 Å². The molecule has 0 atom stereocenters. The second kappa shape index (κ2) is 3.60. The monoisotopic (exact) mass is 297 g/mol. The fourth-order valence-electron chi connectivity index (χ4n) is 0. The van der Waals surface area contributed by atoms with E-state index >= 15 is 0 Å². The van der Waals surface area contributed by atoms with Gasteiger partial charge in [0.2, 0.25) is 0 Å². The summed E-state index contributed by atoms with van der Waals surface area (Å²) < 4.78 is 5.58. The second-order valence-corrected chi connectivity index (χ2v) is 2.51. The average molecular weight is 297 g/mol. The molecule has 0 aliphatic heterocycles. The fraction of sp³-hybridized carbons (Fsp3) is 0.500. The van der Waals surface area contributed by atoms with Gasteiger partial charge in [0.25, 0.3) is 0 Å². The molecule has 0 rings (SSSR count). The summed E-state index contributed by atoms with van der Waals surface area (Å²) in [7, 11) is 0. The normalized spacial score (nSPS) is 9.60. The van der Waals surface area contributed by atoms with Gasteiger partial charge in [0, 0.05) is 0 Å². The van der Waals surface area contributed by atoms with Crippen LogP contribution in [0.3, 0.4) is 0 Å². The summed E-state index contributed by atoms with van der Waals surface area (Å²) in [6, 6.07) is 0. The lowest BCUT2D eigenvalue weighted by molar-refractivity contribution is 0.540. The Labute approximate surface area is 59.3 Å². The molecule has 0 bridgehead atoms. The van der Waals surface area contributed by atoms with E-state index in [1.807, 2.05) is 29.9 Å². The van der Waals surface area contributed by atoms with Gasteiger partial charge in [-0.15, -0.1) is 0 Å². The molecule has 31 valence electrons. The molecule has 1 radical (unpaired) electrons. The summed E-state index contributed by atoms with van der Waals surface area (Å²) in [5, 5.41) is 0. The molecule has 0 aliphatic rings. The van der Waals surface area contributed by atoms with Crippen LogP contribution >= 0.6 is 45.6 Å². The molecule has 0 amide bonds. The molecule has 0 fully saturated rings. The number of hydrogen-bond donors (Lipinski definition) is 0. The van der Waals surface area contributed by atoms with Gasteiger partial charge in [0.05, 0.1) is 0 Å². The van der Waals surface area contributed by atoms with Gasteiger partial charge in [-0.25, -0.2) is 0 Å². The van der Waals surface area contributed by atoms with Crippen LogP contribution in [0.4, 0.5) is 0 Å². The Morgan fingerprint density at radius 1 is 1.80 bits per heavy atom. The third-order valence-corrected chi connectivity index (χ3v) is 1.83. The lowest BCUT2D eigenvalue weighted by Crippen LogP contribution is -1.68. The molecule has 0 saturated carbocycles. The summed E-state index contributed by atoms with van der Waals surface area (Å²) in [5.41, 5.74) is 0. The Kier molecular flexibility index (Phi) is 4.63. The largest absolute Gasteiger partial charge is 0.295 e. The molecule has 0 saturated heterocycles. The molecule has 0 aromatic carbocycles. The second-order valence-electron chi connectivity index (χ2n) is 0.547. The Balaban J connectivity index is 2.54. The van der Waals surface area contributed by atoms with Crippen LogP contribution < -0.4 is 0 Å². The van der Waals surface area contributed by atoms with E-state index in [0.717, 1.165) is 4.11 Å². The molecular weight excluding hydrogens is 294 g/mol. The summed E-state index contributed by atoms with van der Waals surface area (Å²) in [6.45, 7) is 1.90. The Morgan fingerprint density at radius 3 is 2.00 bits per heavy atom. The number of rotatable bonds is 1. The minimum atomic E-state index is 0.961. The lowest BCUT2D eigenvalue weighted by Gasteiger charge is -1.86. The van der Waals surface area contributed by atoms with E-state index in [4.69, 9.17) is 0 Å². The highest BCUT2D eigenvalue weighted by Gasteiger charge is 1.86. The summed E-state index contributed by atoms with van der Waals surface area (Å²) in [4.78, 5) is 0. The van der Waals surface area contributed by atoms with Crippen LogP contribution in [0.2, 0.25) is 0 Å². The fourth-order valence-corrected chi connectivity index (χ4v) is 0. The van der Waals surface area contributed by atoms with Crippen molar-refractivity contribution in [3.05, 3.63) is 4.11 Å². The van der Waals surface area contributed by atoms with Crippen molar-refractivity contribution in [2.45, 2.75) is 6.92 Å². The van der Waals surface area contributed by atoms with Gasteiger partial charge in [0.1, 0.15) is 23.0 Å². The van der Waals surface area contributed by atoms with E-state index in [2.05, 4.69) is 25.7 Å². The highest BCUT2D eigenvalue weighted by Crippen LogP contribution is 2.12. The van der Waals surface area contributed by atoms with Crippen molar-refractivity contribution >= 4 is 45.6 Å². The first-order valence-corrected chi connectivity index (χ1v) is 3.01. The van der Waals surface area contributed by atoms with Gasteiger partial charge in [0.15, 0.2) is 4.11 Å². The van der Waals surface area contributed by atoms with Crippen molar-refractivity contribution in [2.75, 3.05) is 0 Å². The molecule has 0 aromatic heterocycles. The first-order valence-electron chi connectivity index (χ1n) is 1.05. The highest BCUT2D eigenvalue weighted by atomic mass is 127. The number of hydrogen-bond acceptors (Lipinski definition) is 1. The topological polar surface area (TPSA) is 9.23 Å². The first kappa shape index (κ1) is 6.42. The predicted molar refractivity (Wildman–Crippen MR) is 38.0 cm³/mol. The zero-order chi connectivity index (χ0) is 4.28. The standard InChI is InChI=1S/C2H3I2O/c1-2(3)5-4/h1H3. The maximum absolute atomic E-state index is 4.62. The maximum atomic E-state index is 4.62. The van der Waals surface area contributed by atoms with Gasteiger partial charge in [-0.2, -0.15) is 0 Å². The van der Waals surface area contributed by atoms with E-state index in [9.17, 15) is 0 Å².